The summed E-state index contributed by atoms with van der Waals surface area (Å²) in [6, 6.07) is 14.4. The summed E-state index contributed by atoms with van der Waals surface area (Å²) in [7, 11) is 2.19. The van der Waals surface area contributed by atoms with E-state index in [1.54, 1.807) is 12.4 Å². The lowest BCUT2D eigenvalue weighted by atomic mass is 9.89. The maximum absolute atomic E-state index is 11.9. The Bertz CT molecular complexity index is 1230. The van der Waals surface area contributed by atoms with E-state index in [0.717, 1.165) is 51.8 Å². The molecule has 0 radical (unpaired) electrons. The molecule has 3 aromatic rings. The van der Waals surface area contributed by atoms with Crippen molar-refractivity contribution in [2.24, 2.45) is 5.92 Å². The fourth-order valence-electron chi connectivity index (χ4n) is 4.41. The second kappa shape index (κ2) is 8.84. The number of nitrogens with one attached hydrogen (secondary N) is 1. The van der Waals surface area contributed by atoms with Gasteiger partial charge in [0.1, 0.15) is 6.33 Å². The molecule has 2 aromatic carbocycles. The molecule has 32 heavy (non-hydrogen) atoms. The summed E-state index contributed by atoms with van der Waals surface area (Å²) in [5.41, 5.74) is 4.95. The van der Waals surface area contributed by atoms with E-state index < -0.39 is 0 Å². The Balaban J connectivity index is 1.47. The second-order valence-electron chi connectivity index (χ2n) is 8.50. The second-order valence-corrected chi connectivity index (χ2v) is 9.52. The van der Waals surface area contributed by atoms with Crippen molar-refractivity contribution in [3.8, 4) is 11.3 Å². The monoisotopic (exact) mass is 444 g/mol. The number of imide groups is 1. The van der Waals surface area contributed by atoms with Gasteiger partial charge >= 0.3 is 0 Å². The van der Waals surface area contributed by atoms with Gasteiger partial charge in [-0.2, -0.15) is 0 Å². The van der Waals surface area contributed by atoms with Crippen molar-refractivity contribution >= 4 is 39.9 Å². The van der Waals surface area contributed by atoms with Crippen LogP contribution in [0, 0.1) is 5.92 Å². The third-order valence-corrected chi connectivity index (χ3v) is 6.97. The molecule has 2 saturated heterocycles. The van der Waals surface area contributed by atoms with Crippen LogP contribution in [0.1, 0.15) is 24.0 Å². The number of rotatable bonds is 4. The van der Waals surface area contributed by atoms with Crippen LogP contribution < -0.4 is 5.32 Å². The average molecular weight is 445 g/mol. The van der Waals surface area contributed by atoms with Crippen molar-refractivity contribution in [3.05, 3.63) is 64.8 Å². The molecule has 0 saturated carbocycles. The minimum atomic E-state index is -0.355. The predicted molar refractivity (Wildman–Crippen MR) is 128 cm³/mol. The highest BCUT2D eigenvalue weighted by molar-refractivity contribution is 8.18. The van der Waals surface area contributed by atoms with Crippen molar-refractivity contribution in [2.75, 3.05) is 20.1 Å². The van der Waals surface area contributed by atoms with E-state index in [1.165, 1.54) is 31.5 Å². The number of hydrogen-bond donors (Lipinski definition) is 1. The molecule has 0 bridgehead atoms. The molecule has 0 spiro atoms. The first-order chi connectivity index (χ1) is 15.5. The van der Waals surface area contributed by atoms with Crippen molar-refractivity contribution in [1.29, 1.82) is 0 Å². The van der Waals surface area contributed by atoms with Crippen LogP contribution in [0.3, 0.4) is 0 Å². The zero-order chi connectivity index (χ0) is 22.1. The Morgan fingerprint density at radius 1 is 1.12 bits per heavy atom. The number of piperidine rings is 1. The standard InChI is InChI=1S/C25H24N4O2S/c1-29-9-7-16(8-10-29)11-17-3-2-4-19(12-17)23-20-13-18(5-6-21(20)26-15-27-23)14-22-24(30)28-25(31)32-22/h2-6,12-16H,7-11H2,1H3,(H,28,30,31). The number of fused-ring (bicyclic) bond motifs is 1. The van der Waals surface area contributed by atoms with Gasteiger partial charge in [-0.25, -0.2) is 9.97 Å². The number of likely N-dealkylation sites (tertiary alicyclic amines) is 1. The van der Waals surface area contributed by atoms with E-state index in [4.69, 9.17) is 0 Å². The highest BCUT2D eigenvalue weighted by atomic mass is 32.2. The molecule has 5 rings (SSSR count). The van der Waals surface area contributed by atoms with E-state index in [1.807, 2.05) is 18.2 Å². The van der Waals surface area contributed by atoms with Crippen molar-refractivity contribution in [1.82, 2.24) is 20.2 Å². The topological polar surface area (TPSA) is 75.2 Å². The van der Waals surface area contributed by atoms with Crippen molar-refractivity contribution < 1.29 is 9.59 Å². The number of amides is 2. The molecule has 2 amide bonds. The number of carbonyl (C=O) groups excluding carboxylic acids is 2. The minimum absolute atomic E-state index is 0.340. The Kier molecular flexibility index (Phi) is 5.76. The Hall–Kier alpha value is -3.03. The maximum Gasteiger partial charge on any atom is 0.290 e. The summed E-state index contributed by atoms with van der Waals surface area (Å²) in [6.45, 7) is 2.34. The van der Waals surface area contributed by atoms with Gasteiger partial charge in [0.05, 0.1) is 16.1 Å². The van der Waals surface area contributed by atoms with Gasteiger partial charge < -0.3 is 4.90 Å². The molecule has 1 aromatic heterocycles. The molecule has 0 atom stereocenters. The normalized spacial score (nSPS) is 19.1. The summed E-state index contributed by atoms with van der Waals surface area (Å²) in [5, 5.41) is 2.88. The third kappa shape index (κ3) is 4.45. The first-order valence-corrected chi connectivity index (χ1v) is 11.6. The van der Waals surface area contributed by atoms with Crippen LogP contribution in [-0.2, 0) is 11.2 Å². The third-order valence-electron chi connectivity index (χ3n) is 6.16. The number of hydrogen-bond acceptors (Lipinski definition) is 6. The molecular weight excluding hydrogens is 420 g/mol. The Labute approximate surface area is 191 Å². The van der Waals surface area contributed by atoms with E-state index in [0.29, 0.717) is 4.91 Å². The Morgan fingerprint density at radius 3 is 2.75 bits per heavy atom. The quantitative estimate of drug-likeness (QED) is 0.597. The molecule has 0 aliphatic carbocycles. The Morgan fingerprint density at radius 2 is 1.97 bits per heavy atom. The van der Waals surface area contributed by atoms with Crippen LogP contribution in [-0.4, -0.2) is 46.2 Å². The van der Waals surface area contributed by atoms with Crippen molar-refractivity contribution in [2.45, 2.75) is 19.3 Å². The first-order valence-electron chi connectivity index (χ1n) is 10.8. The molecular formula is C25H24N4O2S. The molecule has 6 nitrogen and oxygen atoms in total. The van der Waals surface area contributed by atoms with E-state index in [9.17, 15) is 9.59 Å². The predicted octanol–water partition coefficient (Wildman–Crippen LogP) is 4.51. The van der Waals surface area contributed by atoms with Gasteiger partial charge in [-0.3, -0.25) is 14.9 Å². The van der Waals surface area contributed by atoms with Crippen molar-refractivity contribution in [3.63, 3.8) is 0 Å². The highest BCUT2D eigenvalue weighted by Crippen LogP contribution is 2.31. The average Bonchev–Trinajstić information content (AvgIpc) is 3.11. The van der Waals surface area contributed by atoms with E-state index >= 15 is 0 Å². The highest BCUT2D eigenvalue weighted by Gasteiger charge is 2.25. The van der Waals surface area contributed by atoms with Gasteiger partial charge in [0.25, 0.3) is 11.1 Å². The SMILES string of the molecule is CN1CCC(Cc2cccc(-c3ncnc4ccc(C=C5SC(=O)NC5=O)cc34)c2)CC1. The number of benzene rings is 2. The smallest absolute Gasteiger partial charge is 0.290 e. The zero-order valence-electron chi connectivity index (χ0n) is 17.9. The van der Waals surface area contributed by atoms with E-state index in [-0.39, 0.29) is 11.1 Å². The number of thioether (sulfide) groups is 1. The van der Waals surface area contributed by atoms with Crippen LogP contribution >= 0.6 is 11.8 Å². The zero-order valence-corrected chi connectivity index (χ0v) is 18.7. The summed E-state index contributed by atoms with van der Waals surface area (Å²) < 4.78 is 0. The molecule has 2 aliphatic heterocycles. The van der Waals surface area contributed by atoms with Gasteiger partial charge in [0, 0.05) is 10.9 Å². The van der Waals surface area contributed by atoms with E-state index in [2.05, 4.69) is 51.5 Å². The molecule has 1 N–H and O–H groups in total. The molecule has 7 heteroatoms. The van der Waals surface area contributed by atoms with Crippen LogP contribution in [0.15, 0.2) is 53.7 Å². The largest absolute Gasteiger partial charge is 0.306 e. The fraction of sp³-hybridized carbons (Fsp3) is 0.280. The molecule has 0 unspecified atom stereocenters. The summed E-state index contributed by atoms with van der Waals surface area (Å²) >= 11 is 0.920. The fourth-order valence-corrected chi connectivity index (χ4v) is 5.09. The van der Waals surface area contributed by atoms with Gasteiger partial charge in [0.2, 0.25) is 0 Å². The lowest BCUT2D eigenvalue weighted by Crippen LogP contribution is -2.30. The van der Waals surface area contributed by atoms with Crippen LogP contribution in [0.4, 0.5) is 4.79 Å². The van der Waals surface area contributed by atoms with Crippen LogP contribution in [0.25, 0.3) is 28.2 Å². The molecule has 2 aliphatic rings. The van der Waals surface area contributed by atoms with Crippen LogP contribution in [0.2, 0.25) is 0 Å². The summed E-state index contributed by atoms with van der Waals surface area (Å²) in [5.74, 6) is 0.367. The minimum Gasteiger partial charge on any atom is -0.306 e. The van der Waals surface area contributed by atoms with Crippen LogP contribution in [0.5, 0.6) is 0 Å². The maximum atomic E-state index is 11.9. The molecule has 162 valence electrons. The number of nitrogens with zero attached hydrogens (tertiary/aromatic N) is 3. The molecule has 3 heterocycles. The van der Waals surface area contributed by atoms with Gasteiger partial charge in [0.15, 0.2) is 0 Å². The van der Waals surface area contributed by atoms with Gasteiger partial charge in [-0.1, -0.05) is 24.3 Å². The number of aromatic nitrogens is 2. The summed E-state index contributed by atoms with van der Waals surface area (Å²) in [6.07, 6.45) is 6.89. The van der Waals surface area contributed by atoms with Gasteiger partial charge in [-0.15, -0.1) is 0 Å². The molecule has 2 fully saturated rings. The summed E-state index contributed by atoms with van der Waals surface area (Å²) in [4.78, 5) is 35.2. The first kappa shape index (κ1) is 20.8. The number of carbonyl (C=O) groups is 2. The lowest BCUT2D eigenvalue weighted by Gasteiger charge is -2.29. The van der Waals surface area contributed by atoms with Gasteiger partial charge in [-0.05, 0) is 92.5 Å². The lowest BCUT2D eigenvalue weighted by molar-refractivity contribution is -0.115.